The van der Waals surface area contributed by atoms with Crippen LogP contribution in [0.2, 0.25) is 0 Å². The van der Waals surface area contributed by atoms with E-state index in [1.54, 1.807) is 6.92 Å². The van der Waals surface area contributed by atoms with Crippen molar-refractivity contribution in [2.75, 3.05) is 13.2 Å². The molecule has 0 aromatic carbocycles. The second kappa shape index (κ2) is 23.7. The molecule has 3 nitrogen and oxygen atoms in total. The van der Waals surface area contributed by atoms with Gasteiger partial charge in [-0.25, -0.2) is 4.79 Å². The van der Waals surface area contributed by atoms with E-state index in [1.165, 1.54) is 89.9 Å². The van der Waals surface area contributed by atoms with Crippen LogP contribution in [0, 0.1) is 0 Å². The van der Waals surface area contributed by atoms with Gasteiger partial charge in [-0.2, -0.15) is 0 Å². The molecule has 23 heavy (non-hydrogen) atoms. The van der Waals surface area contributed by atoms with Crippen LogP contribution in [0.15, 0.2) is 0 Å². The molecule has 0 unspecified atom stereocenters. The van der Waals surface area contributed by atoms with Gasteiger partial charge in [0.15, 0.2) is 0 Å². The minimum atomic E-state index is -0.915. The normalized spacial score (nSPS) is 10.2. The van der Waals surface area contributed by atoms with Crippen molar-refractivity contribution in [2.45, 2.75) is 111 Å². The lowest BCUT2D eigenvalue weighted by Crippen LogP contribution is -2.05. The average molecular weight is 331 g/mol. The van der Waals surface area contributed by atoms with E-state index in [0.29, 0.717) is 6.61 Å². The van der Waals surface area contributed by atoms with Crippen molar-refractivity contribution in [2.24, 2.45) is 0 Å². The zero-order chi connectivity index (χ0) is 17.6. The molecular weight excluding hydrogens is 288 g/mol. The Balaban J connectivity index is 0. The smallest absolute Gasteiger partial charge is 0.329 e. The van der Waals surface area contributed by atoms with E-state index in [1.807, 2.05) is 0 Å². The number of ether oxygens (including phenoxy) is 1. The molecule has 0 aliphatic heterocycles. The van der Waals surface area contributed by atoms with Crippen molar-refractivity contribution in [3.63, 3.8) is 0 Å². The van der Waals surface area contributed by atoms with Crippen LogP contribution in [0.4, 0.5) is 0 Å². The lowest BCUT2D eigenvalue weighted by Gasteiger charge is -2.02. The minimum absolute atomic E-state index is 0.184. The molecule has 0 saturated heterocycles. The molecule has 0 fully saturated rings. The van der Waals surface area contributed by atoms with Gasteiger partial charge in [0.05, 0.1) is 0 Å². The third kappa shape index (κ3) is 30.0. The molecular formula is C20H42O3. The second-order valence-corrected chi connectivity index (χ2v) is 6.27. The fourth-order valence-electron chi connectivity index (χ4n) is 2.46. The van der Waals surface area contributed by atoms with Crippen molar-refractivity contribution in [1.82, 2.24) is 0 Å². The van der Waals surface area contributed by atoms with Crippen molar-refractivity contribution in [1.29, 1.82) is 0 Å². The average Bonchev–Trinajstić information content (AvgIpc) is 2.54. The van der Waals surface area contributed by atoms with E-state index in [2.05, 4.69) is 18.6 Å². The largest absolute Gasteiger partial charge is 0.480 e. The monoisotopic (exact) mass is 330 g/mol. The molecule has 3 heteroatoms. The molecule has 0 amide bonds. The van der Waals surface area contributed by atoms with Gasteiger partial charge in [0.25, 0.3) is 0 Å². The summed E-state index contributed by atoms with van der Waals surface area (Å²) in [7, 11) is 0. The van der Waals surface area contributed by atoms with E-state index >= 15 is 0 Å². The molecule has 0 rings (SSSR count). The molecule has 0 atom stereocenters. The Hall–Kier alpha value is -0.570. The van der Waals surface area contributed by atoms with Crippen molar-refractivity contribution >= 4 is 5.97 Å². The number of rotatable bonds is 16. The summed E-state index contributed by atoms with van der Waals surface area (Å²) in [6.45, 7) is 6.61. The number of carbonyl (C=O) groups is 1. The predicted octanol–water partition coefficient (Wildman–Crippen LogP) is 6.60. The van der Waals surface area contributed by atoms with Crippen LogP contribution in [-0.2, 0) is 9.53 Å². The maximum Gasteiger partial charge on any atom is 0.329 e. The maximum atomic E-state index is 9.63. The second-order valence-electron chi connectivity index (χ2n) is 6.27. The topological polar surface area (TPSA) is 46.5 Å². The van der Waals surface area contributed by atoms with Gasteiger partial charge in [-0.1, -0.05) is 104 Å². The van der Waals surface area contributed by atoms with Crippen LogP contribution in [0.5, 0.6) is 0 Å². The van der Waals surface area contributed by atoms with Crippen LogP contribution in [0.1, 0.15) is 111 Å². The Morgan fingerprint density at radius 3 is 1.13 bits per heavy atom. The van der Waals surface area contributed by atoms with Crippen molar-refractivity contribution in [3.8, 4) is 0 Å². The first-order chi connectivity index (χ1) is 11.2. The summed E-state index contributed by atoms with van der Waals surface area (Å²) in [5.41, 5.74) is 0. The first-order valence-electron chi connectivity index (χ1n) is 9.98. The molecule has 0 saturated carbocycles. The van der Waals surface area contributed by atoms with Crippen LogP contribution in [0.25, 0.3) is 0 Å². The van der Waals surface area contributed by atoms with Crippen molar-refractivity contribution in [3.05, 3.63) is 0 Å². The van der Waals surface area contributed by atoms with Gasteiger partial charge < -0.3 is 9.84 Å². The van der Waals surface area contributed by atoms with Gasteiger partial charge in [0.1, 0.15) is 6.61 Å². The summed E-state index contributed by atoms with van der Waals surface area (Å²) >= 11 is 0. The van der Waals surface area contributed by atoms with E-state index < -0.39 is 5.97 Å². The predicted molar refractivity (Wildman–Crippen MR) is 100 cm³/mol. The number of aliphatic carboxylic acids is 1. The van der Waals surface area contributed by atoms with Gasteiger partial charge >= 0.3 is 5.97 Å². The first kappa shape index (κ1) is 24.7. The van der Waals surface area contributed by atoms with E-state index in [0.717, 1.165) is 0 Å². The number of hydrogen-bond donors (Lipinski definition) is 1. The number of carboxylic acid groups (broad SMARTS) is 1. The molecule has 0 aliphatic carbocycles. The molecule has 0 aromatic heterocycles. The van der Waals surface area contributed by atoms with E-state index in [-0.39, 0.29) is 6.61 Å². The lowest BCUT2D eigenvalue weighted by atomic mass is 10.0. The molecule has 0 spiro atoms. The number of carboxylic acids is 1. The zero-order valence-electron chi connectivity index (χ0n) is 16.1. The Kier molecular flexibility index (Phi) is 25.4. The first-order valence-corrected chi connectivity index (χ1v) is 9.98. The SMILES string of the molecule is CCCCCCCCCCCCCCCC.CCOCC(=O)O. The fourth-order valence-corrected chi connectivity index (χ4v) is 2.46. The van der Waals surface area contributed by atoms with Gasteiger partial charge in [-0.3, -0.25) is 0 Å². The molecule has 0 aromatic rings. The Labute approximate surface area is 145 Å². The highest BCUT2D eigenvalue weighted by Crippen LogP contribution is 2.12. The fraction of sp³-hybridized carbons (Fsp3) is 0.950. The Morgan fingerprint density at radius 2 is 0.957 bits per heavy atom. The summed E-state index contributed by atoms with van der Waals surface area (Å²) < 4.78 is 4.50. The van der Waals surface area contributed by atoms with Crippen molar-refractivity contribution < 1.29 is 14.6 Å². The summed E-state index contributed by atoms with van der Waals surface area (Å²) in [5, 5.41) is 7.92. The van der Waals surface area contributed by atoms with E-state index in [9.17, 15) is 4.79 Å². The van der Waals surface area contributed by atoms with Gasteiger partial charge in [0.2, 0.25) is 0 Å². The van der Waals surface area contributed by atoms with Crippen LogP contribution < -0.4 is 0 Å². The van der Waals surface area contributed by atoms with Gasteiger partial charge in [-0.05, 0) is 6.92 Å². The third-order valence-corrected chi connectivity index (χ3v) is 3.89. The highest BCUT2D eigenvalue weighted by Gasteiger charge is 1.93. The number of hydrogen-bond acceptors (Lipinski definition) is 2. The third-order valence-electron chi connectivity index (χ3n) is 3.89. The van der Waals surface area contributed by atoms with Crippen LogP contribution in [-0.4, -0.2) is 24.3 Å². The molecule has 0 aliphatic rings. The highest BCUT2D eigenvalue weighted by atomic mass is 16.5. The summed E-state index contributed by atoms with van der Waals surface area (Å²) in [6.07, 6.45) is 20.4. The summed E-state index contributed by atoms with van der Waals surface area (Å²) in [4.78, 5) is 9.63. The molecule has 0 radical (unpaired) electrons. The zero-order valence-corrected chi connectivity index (χ0v) is 16.1. The Morgan fingerprint density at radius 1 is 0.652 bits per heavy atom. The molecule has 140 valence electrons. The standard InChI is InChI=1S/C16H34.C4H8O3/c1-3-5-7-9-11-13-15-16-14-12-10-8-6-4-2;1-2-7-3-4(5)6/h3-16H2,1-2H3;2-3H2,1H3,(H,5,6). The van der Waals surface area contributed by atoms with E-state index in [4.69, 9.17) is 5.11 Å². The maximum absolute atomic E-state index is 9.63. The number of unbranched alkanes of at least 4 members (excludes halogenated alkanes) is 13. The van der Waals surface area contributed by atoms with Gasteiger partial charge in [0, 0.05) is 6.61 Å². The van der Waals surface area contributed by atoms with Crippen LogP contribution in [0.3, 0.4) is 0 Å². The lowest BCUT2D eigenvalue weighted by molar-refractivity contribution is -0.142. The highest BCUT2D eigenvalue weighted by molar-refractivity contribution is 5.67. The summed E-state index contributed by atoms with van der Waals surface area (Å²) in [5.74, 6) is -0.915. The molecule has 0 heterocycles. The summed E-state index contributed by atoms with van der Waals surface area (Å²) in [6, 6.07) is 0. The quantitative estimate of drug-likeness (QED) is 0.324. The molecule has 1 N–H and O–H groups in total. The minimum Gasteiger partial charge on any atom is -0.480 e. The van der Waals surface area contributed by atoms with Gasteiger partial charge in [-0.15, -0.1) is 0 Å². The molecule has 0 bridgehead atoms. The van der Waals surface area contributed by atoms with Crippen LogP contribution >= 0.6 is 0 Å². The Bertz CT molecular complexity index is 203.